The summed E-state index contributed by atoms with van der Waals surface area (Å²) < 4.78 is 12.3. The minimum atomic E-state index is -0.643. The van der Waals surface area contributed by atoms with Crippen molar-refractivity contribution in [1.82, 2.24) is 4.57 Å². The number of phenols is 1. The number of aromatic nitrogens is 1. The van der Waals surface area contributed by atoms with Gasteiger partial charge in [0, 0.05) is 24.1 Å². The number of ketones is 1. The van der Waals surface area contributed by atoms with Crippen molar-refractivity contribution in [2.75, 3.05) is 20.3 Å². The van der Waals surface area contributed by atoms with Gasteiger partial charge < -0.3 is 19.1 Å². The smallest absolute Gasteiger partial charge is 0.338 e. The van der Waals surface area contributed by atoms with Gasteiger partial charge in [-0.15, -0.1) is 0 Å². The first-order valence-corrected chi connectivity index (χ1v) is 8.43. The average molecular weight is 359 g/mol. The molecule has 0 bridgehead atoms. The number of benzene rings is 1. The molecule has 140 valence electrons. The zero-order valence-electron chi connectivity index (χ0n) is 15.8. The molecule has 1 atom stereocenters. The Labute approximate surface area is 153 Å². The normalized spacial score (nSPS) is 12.0. The lowest BCUT2D eigenvalue weighted by atomic mass is 10.1. The van der Waals surface area contributed by atoms with E-state index in [1.807, 2.05) is 25.3 Å². The van der Waals surface area contributed by atoms with E-state index in [1.54, 1.807) is 32.2 Å². The molecule has 2 aromatic rings. The molecule has 6 heteroatoms. The molecule has 0 aliphatic heterocycles. The summed E-state index contributed by atoms with van der Waals surface area (Å²) in [5.41, 5.74) is 3.17. The SMILES string of the molecule is COCC(C)n1c(C)cc(C(=O)COC(=O)c2ccc(C)c(O)c2)c1C. The molecule has 1 aromatic heterocycles. The Morgan fingerprint density at radius 3 is 2.50 bits per heavy atom. The molecule has 0 saturated carbocycles. The van der Waals surface area contributed by atoms with Crippen molar-refractivity contribution in [3.8, 4) is 5.75 Å². The van der Waals surface area contributed by atoms with Gasteiger partial charge in [0.25, 0.3) is 0 Å². The van der Waals surface area contributed by atoms with Crippen LogP contribution in [-0.2, 0) is 9.47 Å². The Bertz CT molecular complexity index is 822. The second-order valence-electron chi connectivity index (χ2n) is 6.46. The first-order valence-electron chi connectivity index (χ1n) is 8.43. The molecule has 1 aromatic carbocycles. The van der Waals surface area contributed by atoms with E-state index in [4.69, 9.17) is 9.47 Å². The van der Waals surface area contributed by atoms with E-state index in [0.717, 1.165) is 11.4 Å². The molecule has 0 radical (unpaired) electrons. The Kier molecular flexibility index (Phi) is 6.21. The number of aryl methyl sites for hydroxylation is 2. The summed E-state index contributed by atoms with van der Waals surface area (Å²) in [7, 11) is 1.64. The monoisotopic (exact) mass is 359 g/mol. The van der Waals surface area contributed by atoms with Gasteiger partial charge >= 0.3 is 5.97 Å². The molecule has 1 heterocycles. The highest BCUT2D eigenvalue weighted by Gasteiger charge is 2.20. The van der Waals surface area contributed by atoms with Gasteiger partial charge in [-0.25, -0.2) is 4.79 Å². The third-order valence-electron chi connectivity index (χ3n) is 4.41. The highest BCUT2D eigenvalue weighted by atomic mass is 16.5. The number of methoxy groups -OCH3 is 1. The Morgan fingerprint density at radius 2 is 1.88 bits per heavy atom. The van der Waals surface area contributed by atoms with Gasteiger partial charge in [-0.05, 0) is 51.5 Å². The van der Waals surface area contributed by atoms with Crippen LogP contribution in [0.2, 0.25) is 0 Å². The highest BCUT2D eigenvalue weighted by molar-refractivity contribution is 6.00. The van der Waals surface area contributed by atoms with E-state index in [9.17, 15) is 14.7 Å². The zero-order chi connectivity index (χ0) is 19.4. The molecule has 26 heavy (non-hydrogen) atoms. The second-order valence-corrected chi connectivity index (χ2v) is 6.46. The van der Waals surface area contributed by atoms with Crippen LogP contribution in [-0.4, -0.2) is 41.7 Å². The number of aromatic hydroxyl groups is 1. The molecule has 0 aliphatic rings. The molecule has 2 rings (SSSR count). The van der Waals surface area contributed by atoms with Crippen LogP contribution in [0.25, 0.3) is 0 Å². The number of rotatable bonds is 7. The topological polar surface area (TPSA) is 77.8 Å². The van der Waals surface area contributed by atoms with Crippen LogP contribution in [0.4, 0.5) is 0 Å². The molecule has 0 aliphatic carbocycles. The van der Waals surface area contributed by atoms with E-state index < -0.39 is 5.97 Å². The lowest BCUT2D eigenvalue weighted by Gasteiger charge is -2.17. The fourth-order valence-corrected chi connectivity index (χ4v) is 3.08. The third kappa shape index (κ3) is 4.14. The number of hydrogen-bond donors (Lipinski definition) is 1. The molecule has 0 fully saturated rings. The summed E-state index contributed by atoms with van der Waals surface area (Å²) in [6.45, 7) is 7.73. The van der Waals surface area contributed by atoms with Crippen LogP contribution < -0.4 is 0 Å². The minimum Gasteiger partial charge on any atom is -0.508 e. The van der Waals surface area contributed by atoms with Crippen LogP contribution in [0, 0.1) is 20.8 Å². The van der Waals surface area contributed by atoms with Crippen molar-refractivity contribution >= 4 is 11.8 Å². The molecular formula is C20H25NO5. The fraction of sp³-hybridized carbons (Fsp3) is 0.400. The maximum absolute atomic E-state index is 12.5. The van der Waals surface area contributed by atoms with Crippen molar-refractivity contribution in [3.63, 3.8) is 0 Å². The summed E-state index contributed by atoms with van der Waals surface area (Å²) in [4.78, 5) is 24.6. The van der Waals surface area contributed by atoms with Gasteiger partial charge in [0.05, 0.1) is 18.2 Å². The first kappa shape index (κ1) is 19.7. The maximum Gasteiger partial charge on any atom is 0.338 e. The summed E-state index contributed by atoms with van der Waals surface area (Å²) in [6.07, 6.45) is 0. The van der Waals surface area contributed by atoms with Crippen molar-refractivity contribution in [2.45, 2.75) is 33.7 Å². The zero-order valence-corrected chi connectivity index (χ0v) is 15.8. The lowest BCUT2D eigenvalue weighted by Crippen LogP contribution is -2.17. The Morgan fingerprint density at radius 1 is 1.19 bits per heavy atom. The maximum atomic E-state index is 12.5. The van der Waals surface area contributed by atoms with Crippen LogP contribution in [0.15, 0.2) is 24.3 Å². The minimum absolute atomic E-state index is 0.0152. The fourth-order valence-electron chi connectivity index (χ4n) is 3.08. The van der Waals surface area contributed by atoms with Crippen LogP contribution in [0.1, 0.15) is 50.6 Å². The molecule has 0 amide bonds. The summed E-state index contributed by atoms with van der Waals surface area (Å²) in [5.74, 6) is -0.893. The van der Waals surface area contributed by atoms with Crippen molar-refractivity contribution < 1.29 is 24.2 Å². The number of carbonyl (C=O) groups is 2. The second kappa shape index (κ2) is 8.19. The molecule has 1 unspecified atom stereocenters. The standard InChI is InChI=1S/C20H25NO5/c1-12-6-7-16(9-18(12)22)20(24)26-11-19(23)17-8-13(2)21(15(17)4)14(3)10-25-5/h6-9,14,22H,10-11H2,1-5H3. The number of esters is 1. The van der Waals surface area contributed by atoms with Crippen LogP contribution in [0.5, 0.6) is 5.75 Å². The van der Waals surface area contributed by atoms with Crippen molar-refractivity contribution in [1.29, 1.82) is 0 Å². The van der Waals surface area contributed by atoms with Crippen LogP contribution in [0.3, 0.4) is 0 Å². The Balaban J connectivity index is 2.09. The number of nitrogens with zero attached hydrogens (tertiary/aromatic N) is 1. The van der Waals surface area contributed by atoms with Gasteiger partial charge in [-0.3, -0.25) is 4.79 Å². The molecule has 0 saturated heterocycles. The number of ether oxygens (including phenoxy) is 2. The van der Waals surface area contributed by atoms with E-state index in [-0.39, 0.29) is 29.7 Å². The average Bonchev–Trinajstić information content (AvgIpc) is 2.89. The summed E-state index contributed by atoms with van der Waals surface area (Å²) >= 11 is 0. The van der Waals surface area contributed by atoms with Crippen molar-refractivity contribution in [3.05, 3.63) is 52.3 Å². The number of carbonyl (C=O) groups excluding carboxylic acids is 2. The molecular weight excluding hydrogens is 334 g/mol. The van der Waals surface area contributed by atoms with Crippen LogP contribution >= 0.6 is 0 Å². The highest BCUT2D eigenvalue weighted by Crippen LogP contribution is 2.22. The first-order chi connectivity index (χ1) is 12.3. The molecule has 1 N–H and O–H groups in total. The van der Waals surface area contributed by atoms with Gasteiger partial charge in [-0.1, -0.05) is 6.07 Å². The van der Waals surface area contributed by atoms with Gasteiger partial charge in [0.1, 0.15) is 5.75 Å². The van der Waals surface area contributed by atoms with E-state index in [0.29, 0.717) is 17.7 Å². The van der Waals surface area contributed by atoms with E-state index in [1.165, 1.54) is 6.07 Å². The number of phenolic OH excluding ortho intramolecular Hbond substituents is 1. The molecule has 6 nitrogen and oxygen atoms in total. The van der Waals surface area contributed by atoms with Gasteiger partial charge in [-0.2, -0.15) is 0 Å². The third-order valence-corrected chi connectivity index (χ3v) is 4.41. The predicted octanol–water partition coefficient (Wildman–Crippen LogP) is 3.37. The lowest BCUT2D eigenvalue weighted by molar-refractivity contribution is 0.0474. The van der Waals surface area contributed by atoms with Gasteiger partial charge in [0.15, 0.2) is 6.61 Å². The predicted molar refractivity (Wildman–Crippen MR) is 97.9 cm³/mol. The summed E-state index contributed by atoms with van der Waals surface area (Å²) in [6, 6.07) is 6.41. The van der Waals surface area contributed by atoms with Gasteiger partial charge in [0.2, 0.25) is 5.78 Å². The summed E-state index contributed by atoms with van der Waals surface area (Å²) in [5, 5.41) is 9.68. The van der Waals surface area contributed by atoms with E-state index in [2.05, 4.69) is 0 Å². The Hall–Kier alpha value is -2.60. The van der Waals surface area contributed by atoms with Crippen molar-refractivity contribution in [2.24, 2.45) is 0 Å². The van der Waals surface area contributed by atoms with E-state index >= 15 is 0 Å². The molecule has 0 spiro atoms. The number of Topliss-reactive ketones (excluding diaryl/α,β-unsaturated/α-hetero) is 1. The largest absolute Gasteiger partial charge is 0.508 e. The quantitative estimate of drug-likeness (QED) is 0.606. The number of hydrogen-bond acceptors (Lipinski definition) is 5.